The third kappa shape index (κ3) is 5.75. The van der Waals surface area contributed by atoms with Crippen molar-refractivity contribution in [3.8, 4) is 5.75 Å². The summed E-state index contributed by atoms with van der Waals surface area (Å²) in [6.45, 7) is 4.23. The van der Waals surface area contributed by atoms with Crippen LogP contribution in [-0.2, 0) is 11.3 Å². The lowest BCUT2D eigenvalue weighted by Gasteiger charge is -2.25. The number of nitrogens with one attached hydrogen (secondary N) is 1. The Morgan fingerprint density at radius 1 is 1.13 bits per heavy atom. The molecule has 1 atom stereocenters. The summed E-state index contributed by atoms with van der Waals surface area (Å²) in [5.74, 6) is 0.928. The van der Waals surface area contributed by atoms with E-state index in [0.717, 1.165) is 36.3 Å². The fraction of sp³-hybridized carbons (Fsp3) is 0.417. The molecule has 30 heavy (non-hydrogen) atoms. The molecule has 1 N–H and O–H groups in total. The molecule has 0 aromatic heterocycles. The highest BCUT2D eigenvalue weighted by molar-refractivity contribution is 5.79. The maximum Gasteiger partial charge on any atom is 0.317 e. The number of nitrogens with zero attached hydrogens (tertiary/aromatic N) is 2. The van der Waals surface area contributed by atoms with Gasteiger partial charge in [0.1, 0.15) is 5.75 Å². The molecule has 160 valence electrons. The molecule has 1 heterocycles. The number of carbonyl (C=O) groups is 2. The Balaban J connectivity index is 1.47. The fourth-order valence-electron chi connectivity index (χ4n) is 3.85. The van der Waals surface area contributed by atoms with E-state index < -0.39 is 0 Å². The van der Waals surface area contributed by atoms with Crippen molar-refractivity contribution in [2.45, 2.75) is 38.8 Å². The number of benzene rings is 2. The van der Waals surface area contributed by atoms with Gasteiger partial charge in [-0.15, -0.1) is 0 Å². The van der Waals surface area contributed by atoms with Gasteiger partial charge in [0.15, 0.2) is 0 Å². The van der Waals surface area contributed by atoms with Crippen LogP contribution in [0.4, 0.5) is 4.79 Å². The number of carbonyl (C=O) groups excluding carboxylic acids is 2. The summed E-state index contributed by atoms with van der Waals surface area (Å²) in [6, 6.07) is 17.8. The minimum Gasteiger partial charge on any atom is -0.494 e. The van der Waals surface area contributed by atoms with Gasteiger partial charge in [0.05, 0.1) is 12.6 Å². The molecule has 2 aromatic carbocycles. The van der Waals surface area contributed by atoms with E-state index in [2.05, 4.69) is 5.32 Å². The molecule has 1 saturated heterocycles. The standard InChI is InChI=1S/C24H31N3O3/c1-3-30-21-13-11-20(12-14-21)22-10-7-17-27(22)23(28)15-16-25-24(29)26(2)18-19-8-5-4-6-9-19/h4-6,8-9,11-14,22H,3,7,10,15-18H2,1-2H3,(H,25,29). The molecular formula is C24H31N3O3. The first kappa shape index (κ1) is 21.7. The molecule has 3 amide bonds. The fourth-order valence-corrected chi connectivity index (χ4v) is 3.85. The lowest BCUT2D eigenvalue weighted by Crippen LogP contribution is -2.39. The van der Waals surface area contributed by atoms with Crippen molar-refractivity contribution in [1.82, 2.24) is 15.1 Å². The van der Waals surface area contributed by atoms with Crippen molar-refractivity contribution in [2.24, 2.45) is 0 Å². The smallest absolute Gasteiger partial charge is 0.317 e. The topological polar surface area (TPSA) is 61.9 Å². The molecular weight excluding hydrogens is 378 g/mol. The molecule has 1 aliphatic rings. The highest BCUT2D eigenvalue weighted by atomic mass is 16.5. The van der Waals surface area contributed by atoms with Gasteiger partial charge >= 0.3 is 6.03 Å². The predicted octanol–water partition coefficient (Wildman–Crippen LogP) is 3.98. The van der Waals surface area contributed by atoms with Crippen LogP contribution in [0.3, 0.4) is 0 Å². The Bertz CT molecular complexity index is 823. The number of hydrogen-bond donors (Lipinski definition) is 1. The SMILES string of the molecule is CCOc1ccc(C2CCCN2C(=O)CCNC(=O)N(C)Cc2ccccc2)cc1. The second-order valence-electron chi connectivity index (χ2n) is 7.57. The first-order valence-corrected chi connectivity index (χ1v) is 10.6. The van der Waals surface area contributed by atoms with Gasteiger partial charge < -0.3 is 19.9 Å². The predicted molar refractivity (Wildman–Crippen MR) is 117 cm³/mol. The van der Waals surface area contributed by atoms with Gasteiger partial charge in [0.2, 0.25) is 5.91 Å². The van der Waals surface area contributed by atoms with E-state index >= 15 is 0 Å². The van der Waals surface area contributed by atoms with Gasteiger partial charge in [-0.3, -0.25) is 4.79 Å². The highest BCUT2D eigenvalue weighted by Gasteiger charge is 2.29. The quantitative estimate of drug-likeness (QED) is 0.717. The first-order chi connectivity index (χ1) is 14.6. The van der Waals surface area contributed by atoms with Gasteiger partial charge in [0, 0.05) is 33.1 Å². The van der Waals surface area contributed by atoms with E-state index in [9.17, 15) is 9.59 Å². The molecule has 0 aliphatic carbocycles. The minimum absolute atomic E-state index is 0.0809. The Morgan fingerprint density at radius 3 is 2.57 bits per heavy atom. The van der Waals surface area contributed by atoms with Crippen LogP contribution in [0.5, 0.6) is 5.75 Å². The van der Waals surface area contributed by atoms with Crippen LogP contribution in [0.1, 0.15) is 43.4 Å². The van der Waals surface area contributed by atoms with Crippen molar-refractivity contribution in [1.29, 1.82) is 0 Å². The molecule has 1 fully saturated rings. The Kier molecular flexibility index (Phi) is 7.71. The van der Waals surface area contributed by atoms with E-state index in [1.54, 1.807) is 11.9 Å². The largest absolute Gasteiger partial charge is 0.494 e. The van der Waals surface area contributed by atoms with Crippen LogP contribution in [-0.4, -0.2) is 48.5 Å². The second kappa shape index (κ2) is 10.7. The normalized spacial score (nSPS) is 15.7. The van der Waals surface area contributed by atoms with E-state index in [0.29, 0.717) is 26.1 Å². The van der Waals surface area contributed by atoms with Crippen molar-refractivity contribution in [3.05, 3.63) is 65.7 Å². The maximum atomic E-state index is 12.8. The zero-order valence-corrected chi connectivity index (χ0v) is 17.8. The number of amides is 3. The Morgan fingerprint density at radius 2 is 1.87 bits per heavy atom. The highest BCUT2D eigenvalue weighted by Crippen LogP contribution is 2.33. The first-order valence-electron chi connectivity index (χ1n) is 10.6. The number of urea groups is 1. The zero-order chi connectivity index (χ0) is 21.3. The van der Waals surface area contributed by atoms with Crippen molar-refractivity contribution in [3.63, 3.8) is 0 Å². The van der Waals surface area contributed by atoms with Crippen LogP contribution >= 0.6 is 0 Å². The summed E-state index contributed by atoms with van der Waals surface area (Å²) in [6.07, 6.45) is 2.26. The van der Waals surface area contributed by atoms with Crippen LogP contribution in [0.2, 0.25) is 0 Å². The van der Waals surface area contributed by atoms with Gasteiger partial charge in [-0.05, 0) is 43.0 Å². The second-order valence-corrected chi connectivity index (χ2v) is 7.57. The average Bonchev–Trinajstić information content (AvgIpc) is 3.25. The van der Waals surface area contributed by atoms with Gasteiger partial charge in [0.25, 0.3) is 0 Å². The van der Waals surface area contributed by atoms with Gasteiger partial charge in [-0.25, -0.2) is 4.79 Å². The molecule has 1 aliphatic heterocycles. The molecule has 0 spiro atoms. The minimum atomic E-state index is -0.170. The van der Waals surface area contributed by atoms with Crippen LogP contribution in [0.25, 0.3) is 0 Å². The molecule has 6 nitrogen and oxygen atoms in total. The summed E-state index contributed by atoms with van der Waals surface area (Å²) in [7, 11) is 1.76. The lowest BCUT2D eigenvalue weighted by atomic mass is 10.0. The third-order valence-corrected chi connectivity index (χ3v) is 5.37. The van der Waals surface area contributed by atoms with Crippen molar-refractivity contribution >= 4 is 11.9 Å². The maximum absolute atomic E-state index is 12.8. The monoisotopic (exact) mass is 409 g/mol. The van der Waals surface area contributed by atoms with Crippen LogP contribution in [0, 0.1) is 0 Å². The molecule has 0 saturated carbocycles. The number of rotatable bonds is 8. The van der Waals surface area contributed by atoms with Crippen LogP contribution in [0.15, 0.2) is 54.6 Å². The Labute approximate surface area is 178 Å². The van der Waals surface area contributed by atoms with Gasteiger partial charge in [-0.2, -0.15) is 0 Å². The molecule has 0 radical (unpaired) electrons. The Hall–Kier alpha value is -3.02. The van der Waals surface area contributed by atoms with Crippen molar-refractivity contribution in [2.75, 3.05) is 26.7 Å². The number of ether oxygens (including phenoxy) is 1. The number of hydrogen-bond acceptors (Lipinski definition) is 3. The van der Waals surface area contributed by atoms with E-state index in [4.69, 9.17) is 4.74 Å². The summed E-state index contributed by atoms with van der Waals surface area (Å²) in [4.78, 5) is 28.6. The van der Waals surface area contributed by atoms with E-state index in [-0.39, 0.29) is 18.0 Å². The summed E-state index contributed by atoms with van der Waals surface area (Å²) < 4.78 is 5.51. The summed E-state index contributed by atoms with van der Waals surface area (Å²) in [5, 5.41) is 2.86. The molecule has 3 rings (SSSR count). The third-order valence-electron chi connectivity index (χ3n) is 5.37. The van der Waals surface area contributed by atoms with E-state index in [1.807, 2.05) is 66.4 Å². The number of likely N-dealkylation sites (tertiary alicyclic amines) is 1. The molecule has 0 bridgehead atoms. The average molecular weight is 410 g/mol. The molecule has 1 unspecified atom stereocenters. The van der Waals surface area contributed by atoms with Crippen LogP contribution < -0.4 is 10.1 Å². The van der Waals surface area contributed by atoms with Gasteiger partial charge in [-0.1, -0.05) is 42.5 Å². The summed E-state index contributed by atoms with van der Waals surface area (Å²) >= 11 is 0. The zero-order valence-electron chi connectivity index (χ0n) is 17.8. The van der Waals surface area contributed by atoms with E-state index in [1.165, 1.54) is 0 Å². The molecule has 6 heteroatoms. The lowest BCUT2D eigenvalue weighted by molar-refractivity contribution is -0.132. The van der Waals surface area contributed by atoms with Crippen molar-refractivity contribution < 1.29 is 14.3 Å². The summed E-state index contributed by atoms with van der Waals surface area (Å²) in [5.41, 5.74) is 2.21. The molecule has 2 aromatic rings.